The Morgan fingerprint density at radius 2 is 2.05 bits per heavy atom. The minimum absolute atomic E-state index is 0.800. The van der Waals surface area contributed by atoms with E-state index in [1.165, 1.54) is 0 Å². The van der Waals surface area contributed by atoms with Crippen LogP contribution in [0.4, 0.5) is 0 Å². The van der Waals surface area contributed by atoms with Crippen molar-refractivity contribution in [2.24, 2.45) is 0 Å². The van der Waals surface area contributed by atoms with Crippen LogP contribution in [0.2, 0.25) is 0 Å². The van der Waals surface area contributed by atoms with Crippen LogP contribution in [-0.4, -0.2) is 27.0 Å². The number of aromatic amines is 1. The van der Waals surface area contributed by atoms with Crippen LogP contribution in [-0.2, 0) is 0 Å². The zero-order valence-corrected chi connectivity index (χ0v) is 11.4. The quantitative estimate of drug-likeness (QED) is 0.610. The van der Waals surface area contributed by atoms with Gasteiger partial charge in [-0.3, -0.25) is 9.97 Å². The van der Waals surface area contributed by atoms with Crippen molar-refractivity contribution in [1.29, 1.82) is 0 Å². The van der Waals surface area contributed by atoms with Gasteiger partial charge in [0.2, 0.25) is 0 Å². The van der Waals surface area contributed by atoms with Crippen molar-refractivity contribution in [3.8, 4) is 17.0 Å². The first-order chi connectivity index (χ1) is 10.4. The van der Waals surface area contributed by atoms with Crippen molar-refractivity contribution in [2.45, 2.75) is 0 Å². The molecule has 4 aromatic heterocycles. The minimum atomic E-state index is 0.800. The van der Waals surface area contributed by atoms with E-state index in [0.29, 0.717) is 0 Å². The molecule has 21 heavy (non-hydrogen) atoms. The molecule has 5 nitrogen and oxygen atoms in total. The Bertz CT molecular complexity index is 931. The molecule has 0 fully saturated rings. The zero-order valence-electron chi connectivity index (χ0n) is 11.4. The molecule has 0 unspecified atom stereocenters. The van der Waals surface area contributed by atoms with Gasteiger partial charge < -0.3 is 9.72 Å². The van der Waals surface area contributed by atoms with Gasteiger partial charge >= 0.3 is 0 Å². The lowest BCUT2D eigenvalue weighted by Crippen LogP contribution is -1.86. The number of methoxy groups -OCH3 is 1. The predicted octanol–water partition coefficient (Wildman–Crippen LogP) is 3.18. The number of hydrogen-bond acceptors (Lipinski definition) is 4. The van der Waals surface area contributed by atoms with Gasteiger partial charge in [0.05, 0.1) is 29.9 Å². The zero-order chi connectivity index (χ0) is 14.2. The summed E-state index contributed by atoms with van der Waals surface area (Å²) in [5, 5.41) is 2.02. The summed E-state index contributed by atoms with van der Waals surface area (Å²) in [6.45, 7) is 0. The molecule has 5 heteroatoms. The van der Waals surface area contributed by atoms with Gasteiger partial charge in [-0.05, 0) is 24.3 Å². The van der Waals surface area contributed by atoms with E-state index in [0.717, 1.165) is 38.9 Å². The van der Waals surface area contributed by atoms with Gasteiger partial charge in [0.1, 0.15) is 11.4 Å². The van der Waals surface area contributed by atoms with Crippen LogP contribution in [0.1, 0.15) is 0 Å². The number of pyridine rings is 3. The van der Waals surface area contributed by atoms with E-state index in [-0.39, 0.29) is 0 Å². The van der Waals surface area contributed by atoms with Crippen molar-refractivity contribution in [1.82, 2.24) is 19.9 Å². The first-order valence-electron chi connectivity index (χ1n) is 6.57. The molecule has 0 bridgehead atoms. The highest BCUT2D eigenvalue weighted by atomic mass is 16.5. The lowest BCUT2D eigenvalue weighted by molar-refractivity contribution is 0.420. The van der Waals surface area contributed by atoms with Crippen molar-refractivity contribution < 1.29 is 4.74 Å². The number of ether oxygens (including phenoxy) is 1. The van der Waals surface area contributed by atoms with Crippen molar-refractivity contribution in [3.63, 3.8) is 0 Å². The second-order valence-electron chi connectivity index (χ2n) is 4.72. The highest BCUT2D eigenvalue weighted by molar-refractivity contribution is 6.09. The average Bonchev–Trinajstić information content (AvgIpc) is 2.93. The smallest absolute Gasteiger partial charge is 0.142 e. The molecule has 0 radical (unpaired) electrons. The van der Waals surface area contributed by atoms with E-state index in [2.05, 4.69) is 19.9 Å². The Labute approximate surface area is 120 Å². The molecule has 0 aliphatic rings. The fourth-order valence-electron chi connectivity index (χ4n) is 2.53. The van der Waals surface area contributed by atoms with E-state index in [1.54, 1.807) is 25.7 Å². The highest BCUT2D eigenvalue weighted by Crippen LogP contribution is 2.33. The molecule has 0 aliphatic heterocycles. The van der Waals surface area contributed by atoms with Gasteiger partial charge in [-0.15, -0.1) is 0 Å². The molecular weight excluding hydrogens is 264 g/mol. The molecule has 4 aromatic rings. The number of rotatable bonds is 2. The molecule has 0 saturated carbocycles. The lowest BCUT2D eigenvalue weighted by atomic mass is 10.1. The highest BCUT2D eigenvalue weighted by Gasteiger charge is 2.12. The summed E-state index contributed by atoms with van der Waals surface area (Å²) in [6, 6.07) is 7.79. The van der Waals surface area contributed by atoms with E-state index >= 15 is 0 Å². The monoisotopic (exact) mass is 276 g/mol. The second kappa shape index (κ2) is 4.56. The van der Waals surface area contributed by atoms with Crippen LogP contribution in [0.25, 0.3) is 33.2 Å². The fraction of sp³-hybridized carbons (Fsp3) is 0.0625. The third-order valence-corrected chi connectivity index (χ3v) is 3.52. The van der Waals surface area contributed by atoms with Crippen LogP contribution in [0.15, 0.2) is 49.1 Å². The van der Waals surface area contributed by atoms with Gasteiger partial charge in [0.15, 0.2) is 0 Å². The number of aromatic nitrogens is 4. The van der Waals surface area contributed by atoms with E-state index in [9.17, 15) is 0 Å². The molecule has 0 saturated heterocycles. The first-order valence-corrected chi connectivity index (χ1v) is 6.57. The third-order valence-electron chi connectivity index (χ3n) is 3.52. The average molecular weight is 276 g/mol. The molecule has 0 atom stereocenters. The predicted molar refractivity (Wildman–Crippen MR) is 81.2 cm³/mol. The van der Waals surface area contributed by atoms with Crippen LogP contribution < -0.4 is 4.74 Å². The Morgan fingerprint density at radius 3 is 2.86 bits per heavy atom. The summed E-state index contributed by atoms with van der Waals surface area (Å²) in [7, 11) is 1.66. The van der Waals surface area contributed by atoms with E-state index in [1.807, 2.05) is 30.5 Å². The van der Waals surface area contributed by atoms with Crippen LogP contribution in [0.5, 0.6) is 5.75 Å². The Kier molecular flexibility index (Phi) is 2.57. The summed E-state index contributed by atoms with van der Waals surface area (Å²) in [5.41, 5.74) is 3.60. The maximum atomic E-state index is 5.45. The van der Waals surface area contributed by atoms with Crippen molar-refractivity contribution in [2.75, 3.05) is 7.11 Å². The Balaban J connectivity index is 2.04. The van der Waals surface area contributed by atoms with E-state index in [4.69, 9.17) is 4.74 Å². The standard InChI is InChI=1S/C16H12N4O/c1-21-14-4-6-18-16-15(14)11-7-12(19-9-13(11)20-16)10-3-2-5-17-8-10/h2-9H,1H3,(H,18,20). The van der Waals surface area contributed by atoms with Crippen LogP contribution >= 0.6 is 0 Å². The van der Waals surface area contributed by atoms with Gasteiger partial charge in [-0.1, -0.05) is 0 Å². The van der Waals surface area contributed by atoms with Crippen LogP contribution in [0, 0.1) is 0 Å². The van der Waals surface area contributed by atoms with Gasteiger partial charge in [0, 0.05) is 29.5 Å². The minimum Gasteiger partial charge on any atom is -0.496 e. The van der Waals surface area contributed by atoms with Crippen molar-refractivity contribution >= 4 is 21.9 Å². The maximum Gasteiger partial charge on any atom is 0.142 e. The SMILES string of the molecule is COc1ccnc2[nH]c3cnc(-c4cccnc4)cc3c12. The Hall–Kier alpha value is -2.95. The molecule has 0 amide bonds. The molecule has 0 aliphatic carbocycles. The molecular formula is C16H12N4O. The second-order valence-corrected chi connectivity index (χ2v) is 4.72. The number of fused-ring (bicyclic) bond motifs is 3. The normalized spacial score (nSPS) is 11.1. The topological polar surface area (TPSA) is 63.7 Å². The first kappa shape index (κ1) is 11.8. The van der Waals surface area contributed by atoms with Gasteiger partial charge in [0.25, 0.3) is 0 Å². The molecule has 1 N–H and O–H groups in total. The third kappa shape index (κ3) is 1.82. The summed E-state index contributed by atoms with van der Waals surface area (Å²) >= 11 is 0. The van der Waals surface area contributed by atoms with Gasteiger partial charge in [-0.25, -0.2) is 4.98 Å². The fourth-order valence-corrected chi connectivity index (χ4v) is 2.53. The van der Waals surface area contributed by atoms with Gasteiger partial charge in [-0.2, -0.15) is 0 Å². The number of hydrogen-bond donors (Lipinski definition) is 1. The number of nitrogens with one attached hydrogen (secondary N) is 1. The lowest BCUT2D eigenvalue weighted by Gasteiger charge is -2.02. The Morgan fingerprint density at radius 1 is 1.10 bits per heavy atom. The largest absolute Gasteiger partial charge is 0.496 e. The van der Waals surface area contributed by atoms with E-state index < -0.39 is 0 Å². The molecule has 4 rings (SSSR count). The summed E-state index contributed by atoms with van der Waals surface area (Å²) < 4.78 is 5.45. The van der Waals surface area contributed by atoms with Crippen molar-refractivity contribution in [3.05, 3.63) is 49.1 Å². The molecule has 4 heterocycles. The number of nitrogens with zero attached hydrogens (tertiary/aromatic N) is 3. The molecule has 0 spiro atoms. The number of H-pyrrole nitrogens is 1. The molecule has 0 aromatic carbocycles. The maximum absolute atomic E-state index is 5.45. The summed E-state index contributed by atoms with van der Waals surface area (Å²) in [6.07, 6.45) is 7.10. The summed E-state index contributed by atoms with van der Waals surface area (Å²) in [4.78, 5) is 16.2. The van der Waals surface area contributed by atoms with Crippen LogP contribution in [0.3, 0.4) is 0 Å². The molecule has 102 valence electrons. The summed E-state index contributed by atoms with van der Waals surface area (Å²) in [5.74, 6) is 0.801.